The summed E-state index contributed by atoms with van der Waals surface area (Å²) >= 11 is 0. The first-order valence-electron chi connectivity index (χ1n) is 11.7. The molecular formula is C27H33N3O4. The van der Waals surface area contributed by atoms with E-state index in [9.17, 15) is 9.59 Å². The zero-order valence-corrected chi connectivity index (χ0v) is 20.1. The van der Waals surface area contributed by atoms with Crippen LogP contribution in [0.15, 0.2) is 54.6 Å². The number of piperidine rings is 1. The minimum atomic E-state index is -0.919. The van der Waals surface area contributed by atoms with Crippen molar-refractivity contribution in [2.75, 3.05) is 40.9 Å². The van der Waals surface area contributed by atoms with E-state index in [0.29, 0.717) is 6.42 Å². The summed E-state index contributed by atoms with van der Waals surface area (Å²) in [6.45, 7) is 2.56. The molecule has 34 heavy (non-hydrogen) atoms. The van der Waals surface area contributed by atoms with Crippen molar-refractivity contribution in [2.45, 2.75) is 24.8 Å². The molecular weight excluding hydrogens is 430 g/mol. The van der Waals surface area contributed by atoms with Gasteiger partial charge in [-0.05, 0) is 55.6 Å². The van der Waals surface area contributed by atoms with Crippen molar-refractivity contribution in [2.24, 2.45) is 5.92 Å². The first-order chi connectivity index (χ1) is 16.5. The van der Waals surface area contributed by atoms with Crippen LogP contribution < -0.4 is 14.8 Å². The van der Waals surface area contributed by atoms with E-state index in [0.717, 1.165) is 55.1 Å². The molecule has 2 aliphatic rings. The fourth-order valence-electron chi connectivity index (χ4n) is 5.11. The first kappa shape index (κ1) is 23.8. The maximum Gasteiger partial charge on any atom is 0.324 e. The number of carbonyl (C=O) groups is 2. The van der Waals surface area contributed by atoms with E-state index in [1.54, 1.807) is 21.3 Å². The Morgan fingerprint density at radius 3 is 2.50 bits per heavy atom. The molecule has 3 amide bonds. The molecule has 0 aromatic heterocycles. The van der Waals surface area contributed by atoms with Crippen molar-refractivity contribution < 1.29 is 19.1 Å². The zero-order valence-electron chi connectivity index (χ0n) is 20.1. The van der Waals surface area contributed by atoms with Crippen LogP contribution in [0.4, 0.5) is 4.79 Å². The predicted molar refractivity (Wildman–Crippen MR) is 132 cm³/mol. The Bertz CT molecular complexity index is 1060. The molecule has 2 fully saturated rings. The van der Waals surface area contributed by atoms with Crippen molar-refractivity contribution in [1.82, 2.24) is 15.1 Å². The lowest BCUT2D eigenvalue weighted by Crippen LogP contribution is -2.57. The molecule has 0 saturated carbocycles. The van der Waals surface area contributed by atoms with Gasteiger partial charge in [0.2, 0.25) is 0 Å². The fraction of sp³-hybridized carbons (Fsp3) is 0.407. The minimum Gasteiger partial charge on any atom is -0.497 e. The van der Waals surface area contributed by atoms with Crippen LogP contribution in [0.5, 0.6) is 11.5 Å². The van der Waals surface area contributed by atoms with Gasteiger partial charge in [-0.25, -0.2) is 4.79 Å². The molecule has 7 heteroatoms. The van der Waals surface area contributed by atoms with Gasteiger partial charge in [0, 0.05) is 25.6 Å². The van der Waals surface area contributed by atoms with E-state index in [4.69, 9.17) is 9.47 Å². The maximum atomic E-state index is 13.3. The monoisotopic (exact) mass is 463 g/mol. The molecule has 2 saturated heterocycles. The number of benzene rings is 2. The summed E-state index contributed by atoms with van der Waals surface area (Å²) in [5.74, 6) is 1.52. The summed E-state index contributed by atoms with van der Waals surface area (Å²) in [7, 11) is 4.87. The number of urea groups is 1. The third kappa shape index (κ3) is 4.80. The number of para-hydroxylation sites is 1. The van der Waals surface area contributed by atoms with Gasteiger partial charge in [-0.1, -0.05) is 42.5 Å². The Hall–Kier alpha value is -3.32. The highest BCUT2D eigenvalue weighted by atomic mass is 16.5. The van der Waals surface area contributed by atoms with Crippen LogP contribution >= 0.6 is 0 Å². The van der Waals surface area contributed by atoms with Gasteiger partial charge in [-0.3, -0.25) is 14.6 Å². The van der Waals surface area contributed by atoms with Crippen molar-refractivity contribution in [1.29, 1.82) is 0 Å². The number of imide groups is 1. The maximum absolute atomic E-state index is 13.3. The molecule has 2 aromatic carbocycles. The van der Waals surface area contributed by atoms with Crippen LogP contribution in [0, 0.1) is 5.92 Å². The van der Waals surface area contributed by atoms with E-state index in [1.807, 2.05) is 48.5 Å². The van der Waals surface area contributed by atoms with Crippen LogP contribution in [0.25, 0.3) is 6.08 Å². The number of amides is 3. The second-order valence-corrected chi connectivity index (χ2v) is 9.01. The summed E-state index contributed by atoms with van der Waals surface area (Å²) < 4.78 is 10.8. The lowest BCUT2D eigenvalue weighted by molar-refractivity contribution is -0.133. The number of nitrogens with zero attached hydrogens (tertiary/aromatic N) is 2. The molecule has 180 valence electrons. The van der Waals surface area contributed by atoms with Crippen molar-refractivity contribution in [3.8, 4) is 11.5 Å². The molecule has 7 nitrogen and oxygen atoms in total. The van der Waals surface area contributed by atoms with Gasteiger partial charge in [0.25, 0.3) is 5.91 Å². The molecule has 2 aliphatic heterocycles. The highest BCUT2D eigenvalue weighted by Crippen LogP contribution is 2.36. The van der Waals surface area contributed by atoms with Gasteiger partial charge in [0.05, 0.1) is 14.2 Å². The van der Waals surface area contributed by atoms with Crippen LogP contribution in [0.2, 0.25) is 0 Å². The highest BCUT2D eigenvalue weighted by molar-refractivity contribution is 6.07. The molecule has 0 bridgehead atoms. The Morgan fingerprint density at radius 2 is 1.82 bits per heavy atom. The average Bonchev–Trinajstić information content (AvgIpc) is 3.08. The standard InChI is InChI=1S/C27H33N3O4/c1-29-25(31)27(28-26(29)32,19-20-8-6-11-23(18-20)33-2)22-13-16-30(17-14-22)15-7-10-21-9-4-5-12-24(21)34-3/h4-12,18,22H,13-17,19H2,1-3H3,(H,28,32)/b10-7+. The van der Waals surface area contributed by atoms with Crippen molar-refractivity contribution in [3.05, 3.63) is 65.7 Å². The lowest BCUT2D eigenvalue weighted by atomic mass is 9.74. The van der Waals surface area contributed by atoms with Gasteiger partial charge >= 0.3 is 6.03 Å². The topological polar surface area (TPSA) is 71.1 Å². The lowest BCUT2D eigenvalue weighted by Gasteiger charge is -2.40. The molecule has 1 unspecified atom stereocenters. The molecule has 1 atom stereocenters. The zero-order chi connectivity index (χ0) is 24.1. The Kier molecular flexibility index (Phi) is 7.22. The third-order valence-corrected chi connectivity index (χ3v) is 7.02. The van der Waals surface area contributed by atoms with E-state index < -0.39 is 5.54 Å². The summed E-state index contributed by atoms with van der Waals surface area (Å²) in [5.41, 5.74) is 1.11. The molecule has 0 spiro atoms. The van der Waals surface area contributed by atoms with Gasteiger partial charge < -0.3 is 14.8 Å². The molecule has 4 rings (SSSR count). The number of carbonyl (C=O) groups excluding carboxylic acids is 2. The number of hydrogen-bond donors (Lipinski definition) is 1. The average molecular weight is 464 g/mol. The molecule has 2 aromatic rings. The fourth-order valence-corrected chi connectivity index (χ4v) is 5.11. The summed E-state index contributed by atoms with van der Waals surface area (Å²) in [5, 5.41) is 3.07. The summed E-state index contributed by atoms with van der Waals surface area (Å²) in [6.07, 6.45) is 6.38. The second kappa shape index (κ2) is 10.3. The highest BCUT2D eigenvalue weighted by Gasteiger charge is 2.54. The van der Waals surface area contributed by atoms with Crippen LogP contribution in [-0.4, -0.2) is 68.2 Å². The minimum absolute atomic E-state index is 0.0644. The smallest absolute Gasteiger partial charge is 0.324 e. The molecule has 0 aliphatic carbocycles. The van der Waals surface area contributed by atoms with Crippen LogP contribution in [0.1, 0.15) is 24.0 Å². The second-order valence-electron chi connectivity index (χ2n) is 9.01. The number of ether oxygens (including phenoxy) is 2. The third-order valence-electron chi connectivity index (χ3n) is 7.02. The van der Waals surface area contributed by atoms with Crippen molar-refractivity contribution >= 4 is 18.0 Å². The molecule has 1 N–H and O–H groups in total. The number of rotatable bonds is 8. The number of likely N-dealkylation sites (tertiary alicyclic amines) is 1. The number of methoxy groups -OCH3 is 2. The van der Waals surface area contributed by atoms with Gasteiger partial charge in [0.15, 0.2) is 0 Å². The van der Waals surface area contributed by atoms with Gasteiger partial charge in [-0.2, -0.15) is 0 Å². The molecule has 0 radical (unpaired) electrons. The number of hydrogen-bond acceptors (Lipinski definition) is 5. The summed E-state index contributed by atoms with van der Waals surface area (Å²) in [4.78, 5) is 29.4. The SMILES string of the molecule is COc1cccc(CC2(C3CCN(C/C=C/c4ccccc4OC)CC3)NC(=O)N(C)C2=O)c1. The van der Waals surface area contributed by atoms with Crippen LogP contribution in [-0.2, 0) is 11.2 Å². The van der Waals surface area contributed by atoms with E-state index in [-0.39, 0.29) is 17.9 Å². The Balaban J connectivity index is 1.44. The number of nitrogens with one attached hydrogen (secondary N) is 1. The number of likely N-dealkylation sites (N-methyl/N-ethyl adjacent to an activating group) is 1. The Morgan fingerprint density at radius 1 is 1.06 bits per heavy atom. The summed E-state index contributed by atoms with van der Waals surface area (Å²) in [6, 6.07) is 15.4. The quantitative estimate of drug-likeness (QED) is 0.606. The van der Waals surface area contributed by atoms with Crippen molar-refractivity contribution in [3.63, 3.8) is 0 Å². The van der Waals surface area contributed by atoms with E-state index >= 15 is 0 Å². The normalized spacial score (nSPS) is 21.8. The predicted octanol–water partition coefficient (Wildman–Crippen LogP) is 3.59. The van der Waals surface area contributed by atoms with E-state index in [1.165, 1.54) is 4.90 Å². The van der Waals surface area contributed by atoms with E-state index in [2.05, 4.69) is 22.4 Å². The Labute approximate surface area is 201 Å². The largest absolute Gasteiger partial charge is 0.497 e. The van der Waals surface area contributed by atoms with Gasteiger partial charge in [0.1, 0.15) is 17.0 Å². The van der Waals surface area contributed by atoms with Gasteiger partial charge in [-0.15, -0.1) is 0 Å². The first-order valence-corrected chi connectivity index (χ1v) is 11.7. The molecule has 2 heterocycles. The van der Waals surface area contributed by atoms with Crippen LogP contribution in [0.3, 0.4) is 0 Å².